The van der Waals surface area contributed by atoms with E-state index in [0.29, 0.717) is 32.7 Å². The number of nitro benzene ring substituents is 1. The number of hydrogen-bond donors (Lipinski definition) is 3. The van der Waals surface area contributed by atoms with Crippen LogP contribution in [0.4, 0.5) is 11.4 Å². The lowest BCUT2D eigenvalue weighted by molar-refractivity contribution is -0.385. The zero-order valence-corrected chi connectivity index (χ0v) is 19.0. The molecule has 3 aromatic rings. The molecule has 3 rings (SSSR count). The van der Waals surface area contributed by atoms with Crippen LogP contribution in [0.3, 0.4) is 0 Å². The van der Waals surface area contributed by atoms with Crippen molar-refractivity contribution in [2.45, 2.75) is 13.5 Å². The number of hydrogen-bond acceptors (Lipinski definition) is 7. The van der Waals surface area contributed by atoms with Gasteiger partial charge in [0, 0.05) is 23.9 Å². The highest BCUT2D eigenvalue weighted by atomic mass is 79.9. The van der Waals surface area contributed by atoms with Crippen LogP contribution in [-0.4, -0.2) is 33.7 Å². The molecule has 166 valence electrons. The molecule has 0 bridgehead atoms. The Bertz CT molecular complexity index is 1210. The number of anilines is 1. The number of halogens is 1. The van der Waals surface area contributed by atoms with E-state index in [1.165, 1.54) is 6.07 Å². The van der Waals surface area contributed by atoms with Gasteiger partial charge in [-0.25, -0.2) is 9.59 Å². The first-order valence-corrected chi connectivity index (χ1v) is 10.8. The Morgan fingerprint density at radius 1 is 1.22 bits per heavy atom. The molecule has 0 saturated carbocycles. The Balaban J connectivity index is 1.85. The lowest BCUT2D eigenvalue weighted by atomic mass is 10.1. The fourth-order valence-corrected chi connectivity index (χ4v) is 4.82. The number of thiophene rings is 1. The largest absolute Gasteiger partial charge is 0.479 e. The van der Waals surface area contributed by atoms with Crippen molar-refractivity contribution in [1.29, 1.82) is 0 Å². The number of nitro groups is 1. The third-order valence-electron chi connectivity index (χ3n) is 4.43. The van der Waals surface area contributed by atoms with Crippen LogP contribution in [0.15, 0.2) is 46.9 Å². The van der Waals surface area contributed by atoms with E-state index in [-0.39, 0.29) is 16.3 Å². The average molecular weight is 521 g/mol. The molecule has 32 heavy (non-hydrogen) atoms. The number of nitrogens with one attached hydrogen (secondary N) is 1. The first kappa shape index (κ1) is 23.2. The summed E-state index contributed by atoms with van der Waals surface area (Å²) in [5.74, 6) is -2.47. The van der Waals surface area contributed by atoms with E-state index in [4.69, 9.17) is 9.84 Å². The van der Waals surface area contributed by atoms with Gasteiger partial charge in [-0.05, 0) is 46.1 Å². The Hall–Kier alpha value is -3.44. The number of carbonyl (C=O) groups is 2. The number of aliphatic carboxylic acids is 1. The van der Waals surface area contributed by atoms with Gasteiger partial charge in [0.1, 0.15) is 0 Å². The molecule has 0 amide bonds. The molecule has 0 atom stereocenters. The number of nitrogens with zero attached hydrogens (tertiary/aromatic N) is 1. The van der Waals surface area contributed by atoms with Crippen LogP contribution < -0.4 is 10.1 Å². The van der Waals surface area contributed by atoms with Gasteiger partial charge < -0.3 is 20.3 Å². The van der Waals surface area contributed by atoms with Gasteiger partial charge in [-0.1, -0.05) is 24.3 Å². The summed E-state index contributed by atoms with van der Waals surface area (Å²) in [6.07, 6.45) is 0. The van der Waals surface area contributed by atoms with Crippen molar-refractivity contribution < 1.29 is 29.5 Å². The van der Waals surface area contributed by atoms with Crippen molar-refractivity contribution in [2.24, 2.45) is 0 Å². The molecule has 0 radical (unpaired) electrons. The van der Waals surface area contributed by atoms with E-state index in [1.807, 2.05) is 12.1 Å². The van der Waals surface area contributed by atoms with Gasteiger partial charge in [0.05, 0.1) is 14.3 Å². The summed E-state index contributed by atoms with van der Waals surface area (Å²) >= 11 is 4.30. The lowest BCUT2D eigenvalue weighted by Crippen LogP contribution is -2.11. The highest BCUT2D eigenvalue weighted by Crippen LogP contribution is 2.45. The molecule has 0 spiro atoms. The molecule has 0 fully saturated rings. The van der Waals surface area contributed by atoms with Crippen LogP contribution in [0.2, 0.25) is 0 Å². The molecule has 3 N–H and O–H groups in total. The minimum Gasteiger partial charge on any atom is -0.479 e. The predicted octanol–water partition coefficient (Wildman–Crippen LogP) is 5.17. The van der Waals surface area contributed by atoms with E-state index in [0.717, 1.165) is 16.9 Å². The van der Waals surface area contributed by atoms with E-state index in [2.05, 4.69) is 21.2 Å². The van der Waals surface area contributed by atoms with Gasteiger partial charge >= 0.3 is 11.9 Å². The summed E-state index contributed by atoms with van der Waals surface area (Å²) in [5, 5.41) is 32.6. The summed E-state index contributed by atoms with van der Waals surface area (Å²) in [6, 6.07) is 12.2. The SMILES string of the molecule is Cc1ccc(NCc2cccc(-c3sc(C(=O)O)c(OCC(=O)O)c3Br)c2)cc1[N+](=O)[O-]. The topological polar surface area (TPSA) is 139 Å². The van der Waals surface area contributed by atoms with Crippen molar-refractivity contribution in [3.63, 3.8) is 0 Å². The Kier molecular flexibility index (Phi) is 7.11. The number of aromatic carboxylic acids is 1. The second-order valence-electron chi connectivity index (χ2n) is 6.70. The maximum absolute atomic E-state index is 11.6. The number of carboxylic acid groups (broad SMARTS) is 2. The van der Waals surface area contributed by atoms with Crippen LogP contribution >= 0.6 is 27.3 Å². The van der Waals surface area contributed by atoms with Crippen molar-refractivity contribution in [3.05, 3.63) is 73.1 Å². The highest BCUT2D eigenvalue weighted by molar-refractivity contribution is 9.10. The zero-order chi connectivity index (χ0) is 23.4. The van der Waals surface area contributed by atoms with Gasteiger partial charge in [0.15, 0.2) is 17.2 Å². The zero-order valence-electron chi connectivity index (χ0n) is 16.6. The smallest absolute Gasteiger partial charge is 0.349 e. The molecular formula is C21H17BrN2O7S. The number of carboxylic acids is 2. The van der Waals surface area contributed by atoms with Crippen molar-refractivity contribution >= 4 is 50.6 Å². The summed E-state index contributed by atoms with van der Waals surface area (Å²) in [6.45, 7) is 1.39. The molecule has 9 nitrogen and oxygen atoms in total. The summed E-state index contributed by atoms with van der Waals surface area (Å²) in [4.78, 5) is 33.6. The maximum atomic E-state index is 11.6. The van der Waals surface area contributed by atoms with Gasteiger partial charge in [-0.15, -0.1) is 11.3 Å². The van der Waals surface area contributed by atoms with Gasteiger partial charge in [-0.3, -0.25) is 10.1 Å². The Labute approximate surface area is 194 Å². The fraction of sp³-hybridized carbons (Fsp3) is 0.143. The molecule has 1 aromatic heterocycles. The van der Waals surface area contributed by atoms with Crippen LogP contribution in [0.5, 0.6) is 5.75 Å². The number of rotatable bonds is 9. The maximum Gasteiger partial charge on any atom is 0.349 e. The lowest BCUT2D eigenvalue weighted by Gasteiger charge is -2.09. The van der Waals surface area contributed by atoms with E-state index < -0.39 is 23.5 Å². The second kappa shape index (κ2) is 9.79. The number of benzene rings is 2. The third-order valence-corrected chi connectivity index (χ3v) is 6.66. The van der Waals surface area contributed by atoms with Crippen LogP contribution in [0.1, 0.15) is 20.8 Å². The minimum atomic E-state index is -1.22. The van der Waals surface area contributed by atoms with Gasteiger partial charge in [0.2, 0.25) is 0 Å². The molecule has 0 saturated heterocycles. The highest BCUT2D eigenvalue weighted by Gasteiger charge is 2.24. The van der Waals surface area contributed by atoms with Gasteiger partial charge in [-0.2, -0.15) is 0 Å². The molecular weight excluding hydrogens is 504 g/mol. The summed E-state index contributed by atoms with van der Waals surface area (Å²) in [7, 11) is 0. The van der Waals surface area contributed by atoms with E-state index >= 15 is 0 Å². The molecule has 0 aliphatic heterocycles. The quantitative estimate of drug-likeness (QED) is 0.259. The number of ether oxygens (including phenoxy) is 1. The standard InChI is InChI=1S/C21H17BrN2O7S/c1-11-5-6-14(8-15(11)24(29)30)23-9-12-3-2-4-13(7-12)19-17(22)18(31-10-16(25)26)20(32-19)21(27)28/h2-8,23H,9-10H2,1H3,(H,25,26)(H,27,28). The van der Waals surface area contributed by atoms with Crippen LogP contribution in [0.25, 0.3) is 10.4 Å². The summed E-state index contributed by atoms with van der Waals surface area (Å²) in [5.41, 5.74) is 2.77. The van der Waals surface area contributed by atoms with E-state index in [1.54, 1.807) is 31.2 Å². The van der Waals surface area contributed by atoms with Crippen molar-refractivity contribution in [3.8, 4) is 16.2 Å². The van der Waals surface area contributed by atoms with Gasteiger partial charge in [0.25, 0.3) is 5.69 Å². The first-order chi connectivity index (χ1) is 15.2. The normalized spacial score (nSPS) is 10.6. The third kappa shape index (κ3) is 5.24. The molecule has 11 heteroatoms. The fourth-order valence-electron chi connectivity index (χ4n) is 2.93. The van der Waals surface area contributed by atoms with Crippen molar-refractivity contribution in [1.82, 2.24) is 0 Å². The van der Waals surface area contributed by atoms with Crippen LogP contribution in [0, 0.1) is 17.0 Å². The first-order valence-electron chi connectivity index (χ1n) is 9.15. The Morgan fingerprint density at radius 2 is 1.97 bits per heavy atom. The monoisotopic (exact) mass is 520 g/mol. The molecule has 0 unspecified atom stereocenters. The van der Waals surface area contributed by atoms with Crippen molar-refractivity contribution in [2.75, 3.05) is 11.9 Å². The molecule has 0 aliphatic rings. The Morgan fingerprint density at radius 3 is 2.62 bits per heavy atom. The average Bonchev–Trinajstić information content (AvgIpc) is 3.08. The molecule has 0 aliphatic carbocycles. The molecule has 1 heterocycles. The molecule has 2 aromatic carbocycles. The van der Waals surface area contributed by atoms with E-state index in [9.17, 15) is 24.8 Å². The number of aryl methyl sites for hydroxylation is 1. The minimum absolute atomic E-state index is 0.0290. The van der Waals surface area contributed by atoms with Crippen LogP contribution in [-0.2, 0) is 11.3 Å². The predicted molar refractivity (Wildman–Crippen MR) is 123 cm³/mol. The second-order valence-corrected chi connectivity index (χ2v) is 8.52. The summed E-state index contributed by atoms with van der Waals surface area (Å²) < 4.78 is 5.55.